The fourth-order valence-corrected chi connectivity index (χ4v) is 3.09. The molecule has 0 spiro atoms. The number of nitrogens with two attached hydrogens (primary N) is 1. The van der Waals surface area contributed by atoms with Gasteiger partial charge in [0.25, 0.3) is 0 Å². The lowest BCUT2D eigenvalue weighted by atomic mass is 9.99. The molecule has 24 heavy (non-hydrogen) atoms. The topological polar surface area (TPSA) is 86.0 Å². The van der Waals surface area contributed by atoms with Gasteiger partial charge in [0.05, 0.1) is 12.6 Å². The second-order valence-electron chi connectivity index (χ2n) is 5.86. The van der Waals surface area contributed by atoms with Crippen LogP contribution in [-0.4, -0.2) is 56.5 Å². The van der Waals surface area contributed by atoms with Crippen molar-refractivity contribution in [2.75, 3.05) is 38.9 Å². The zero-order chi connectivity index (χ0) is 16.2. The second-order valence-corrected chi connectivity index (χ2v) is 5.86. The first-order chi connectivity index (χ1) is 11.2. The summed E-state index contributed by atoms with van der Waals surface area (Å²) in [5, 5.41) is 2.90. The zero-order valence-corrected chi connectivity index (χ0v) is 14.5. The Morgan fingerprint density at radius 2 is 2.21 bits per heavy atom. The summed E-state index contributed by atoms with van der Waals surface area (Å²) in [5.74, 6) is 1.30. The molecule has 1 saturated heterocycles. The largest absolute Gasteiger partial charge is 0.454 e. The lowest BCUT2D eigenvalue weighted by Gasteiger charge is -2.37. The molecule has 1 aromatic carbocycles. The Balaban J connectivity index is 0.00000208. The van der Waals surface area contributed by atoms with E-state index in [1.54, 1.807) is 19.2 Å². The fraction of sp³-hybridized carbons (Fsp3) is 0.562. The number of rotatable bonds is 5. The molecule has 2 unspecified atom stereocenters. The van der Waals surface area contributed by atoms with E-state index in [1.807, 2.05) is 6.07 Å². The minimum Gasteiger partial charge on any atom is -0.454 e. The van der Waals surface area contributed by atoms with Crippen LogP contribution >= 0.6 is 12.4 Å². The number of fused-ring (bicyclic) bond motifs is 1. The Labute approximate surface area is 147 Å². The van der Waals surface area contributed by atoms with E-state index in [2.05, 4.69) is 10.2 Å². The minimum absolute atomic E-state index is 0. The van der Waals surface area contributed by atoms with Crippen molar-refractivity contribution in [3.8, 4) is 11.5 Å². The van der Waals surface area contributed by atoms with Gasteiger partial charge in [-0.05, 0) is 25.0 Å². The van der Waals surface area contributed by atoms with Crippen molar-refractivity contribution in [3.63, 3.8) is 0 Å². The Kier molecular flexibility index (Phi) is 6.68. The number of piperidine rings is 1. The van der Waals surface area contributed by atoms with Gasteiger partial charge < -0.3 is 25.3 Å². The highest BCUT2D eigenvalue weighted by Gasteiger charge is 2.28. The smallest absolute Gasteiger partial charge is 0.238 e. The number of hydrogen-bond donors (Lipinski definition) is 2. The molecule has 0 bridgehead atoms. The number of nitrogens with one attached hydrogen (secondary N) is 1. The van der Waals surface area contributed by atoms with Gasteiger partial charge in [0.15, 0.2) is 11.5 Å². The zero-order valence-electron chi connectivity index (χ0n) is 13.7. The van der Waals surface area contributed by atoms with Crippen molar-refractivity contribution < 1.29 is 19.0 Å². The molecular formula is C16H24ClN3O4. The molecule has 2 heterocycles. The number of amides is 1. The first kappa shape index (κ1) is 18.8. The molecule has 134 valence electrons. The van der Waals surface area contributed by atoms with Gasteiger partial charge >= 0.3 is 0 Å². The quantitative estimate of drug-likeness (QED) is 0.824. The van der Waals surface area contributed by atoms with E-state index < -0.39 is 0 Å². The maximum atomic E-state index is 12.3. The summed E-state index contributed by atoms with van der Waals surface area (Å²) in [5.41, 5.74) is 6.54. The molecule has 0 saturated carbocycles. The molecular weight excluding hydrogens is 334 g/mol. The normalized spacial score (nSPS) is 22.8. The molecule has 0 radical (unpaired) electrons. The van der Waals surface area contributed by atoms with E-state index in [0.29, 0.717) is 30.3 Å². The highest BCUT2D eigenvalue weighted by molar-refractivity contribution is 5.92. The lowest BCUT2D eigenvalue weighted by Crippen LogP contribution is -2.50. The third kappa shape index (κ3) is 4.30. The van der Waals surface area contributed by atoms with E-state index in [-0.39, 0.29) is 37.3 Å². The van der Waals surface area contributed by atoms with Crippen LogP contribution in [0.25, 0.3) is 0 Å². The molecule has 8 heteroatoms. The summed E-state index contributed by atoms with van der Waals surface area (Å²) < 4.78 is 16.0. The Hall–Kier alpha value is -1.54. The van der Waals surface area contributed by atoms with Crippen molar-refractivity contribution in [1.29, 1.82) is 0 Å². The summed E-state index contributed by atoms with van der Waals surface area (Å²) in [4.78, 5) is 14.4. The summed E-state index contributed by atoms with van der Waals surface area (Å²) in [6, 6.07) is 5.56. The van der Waals surface area contributed by atoms with Crippen LogP contribution in [0.15, 0.2) is 18.2 Å². The number of anilines is 1. The molecule has 2 atom stereocenters. The van der Waals surface area contributed by atoms with Crippen LogP contribution in [0.1, 0.15) is 12.8 Å². The van der Waals surface area contributed by atoms with Crippen LogP contribution in [0.3, 0.4) is 0 Å². The van der Waals surface area contributed by atoms with E-state index >= 15 is 0 Å². The Morgan fingerprint density at radius 3 is 2.96 bits per heavy atom. The number of hydrogen-bond acceptors (Lipinski definition) is 6. The van der Waals surface area contributed by atoms with E-state index in [4.69, 9.17) is 19.9 Å². The fourth-order valence-electron chi connectivity index (χ4n) is 3.09. The SMILES string of the molecule is COC1CCN(CC(=O)Nc2ccc3c(c2)OCO3)C(CN)C1.Cl. The predicted octanol–water partition coefficient (Wildman–Crippen LogP) is 1.21. The average Bonchev–Trinajstić information content (AvgIpc) is 3.02. The molecule has 1 fully saturated rings. The van der Waals surface area contributed by atoms with Crippen molar-refractivity contribution in [2.24, 2.45) is 5.73 Å². The first-order valence-electron chi connectivity index (χ1n) is 7.86. The van der Waals surface area contributed by atoms with Gasteiger partial charge in [-0.25, -0.2) is 0 Å². The number of carbonyl (C=O) groups excluding carboxylic acids is 1. The maximum Gasteiger partial charge on any atom is 0.238 e. The predicted molar refractivity (Wildman–Crippen MR) is 92.9 cm³/mol. The van der Waals surface area contributed by atoms with Crippen molar-refractivity contribution in [1.82, 2.24) is 4.90 Å². The maximum absolute atomic E-state index is 12.3. The molecule has 0 aromatic heterocycles. The first-order valence-corrected chi connectivity index (χ1v) is 7.86. The van der Waals surface area contributed by atoms with Crippen LogP contribution < -0.4 is 20.5 Å². The lowest BCUT2D eigenvalue weighted by molar-refractivity contribution is -0.118. The molecule has 2 aliphatic rings. The molecule has 1 amide bonds. The Morgan fingerprint density at radius 1 is 1.42 bits per heavy atom. The van der Waals surface area contributed by atoms with E-state index in [0.717, 1.165) is 19.4 Å². The van der Waals surface area contributed by atoms with Crippen molar-refractivity contribution >= 4 is 24.0 Å². The number of benzene rings is 1. The van der Waals surface area contributed by atoms with E-state index in [1.165, 1.54) is 0 Å². The minimum atomic E-state index is -0.0572. The van der Waals surface area contributed by atoms with Gasteiger partial charge in [-0.3, -0.25) is 9.69 Å². The summed E-state index contributed by atoms with van der Waals surface area (Å²) in [6.07, 6.45) is 2.02. The third-order valence-corrected chi connectivity index (χ3v) is 4.40. The summed E-state index contributed by atoms with van der Waals surface area (Å²) in [7, 11) is 1.72. The van der Waals surface area contributed by atoms with Gasteiger partial charge in [-0.1, -0.05) is 0 Å². The van der Waals surface area contributed by atoms with Gasteiger partial charge in [-0.15, -0.1) is 12.4 Å². The Bertz CT molecular complexity index is 572. The second kappa shape index (κ2) is 8.53. The molecule has 0 aliphatic carbocycles. The van der Waals surface area contributed by atoms with Gasteiger partial charge in [0.2, 0.25) is 12.7 Å². The van der Waals surface area contributed by atoms with Crippen molar-refractivity contribution in [3.05, 3.63) is 18.2 Å². The average molecular weight is 358 g/mol. The summed E-state index contributed by atoms with van der Waals surface area (Å²) >= 11 is 0. The molecule has 3 N–H and O–H groups in total. The van der Waals surface area contributed by atoms with Gasteiger partial charge in [-0.2, -0.15) is 0 Å². The third-order valence-electron chi connectivity index (χ3n) is 4.40. The molecule has 7 nitrogen and oxygen atoms in total. The molecule has 2 aliphatic heterocycles. The van der Waals surface area contributed by atoms with Crippen LogP contribution in [0.4, 0.5) is 5.69 Å². The van der Waals surface area contributed by atoms with Crippen LogP contribution in [0, 0.1) is 0 Å². The van der Waals surface area contributed by atoms with Gasteiger partial charge in [0.1, 0.15) is 0 Å². The number of methoxy groups -OCH3 is 1. The molecule has 1 aromatic rings. The van der Waals surface area contributed by atoms with E-state index in [9.17, 15) is 4.79 Å². The van der Waals surface area contributed by atoms with Crippen LogP contribution in [0.2, 0.25) is 0 Å². The number of halogens is 1. The highest BCUT2D eigenvalue weighted by atomic mass is 35.5. The summed E-state index contributed by atoms with van der Waals surface area (Å²) in [6.45, 7) is 1.89. The number of ether oxygens (including phenoxy) is 3. The van der Waals surface area contributed by atoms with Crippen molar-refractivity contribution in [2.45, 2.75) is 25.0 Å². The number of likely N-dealkylation sites (tertiary alicyclic amines) is 1. The van der Waals surface area contributed by atoms with Crippen LogP contribution in [0.5, 0.6) is 11.5 Å². The highest BCUT2D eigenvalue weighted by Crippen LogP contribution is 2.34. The standard InChI is InChI=1S/C16H23N3O4.ClH/c1-21-13-4-5-19(12(7-13)8-17)9-16(20)18-11-2-3-14-15(6-11)23-10-22-14;/h2-3,6,12-13H,4-5,7-10,17H2,1H3,(H,18,20);1H. The van der Waals surface area contributed by atoms with Crippen LogP contribution in [-0.2, 0) is 9.53 Å². The van der Waals surface area contributed by atoms with Gasteiger partial charge in [0, 0.05) is 38.0 Å². The number of nitrogens with zero attached hydrogens (tertiary/aromatic N) is 1. The monoisotopic (exact) mass is 357 g/mol. The number of carbonyl (C=O) groups is 1. The molecule has 3 rings (SSSR count).